The van der Waals surface area contributed by atoms with E-state index in [0.29, 0.717) is 12.8 Å². The van der Waals surface area contributed by atoms with Crippen molar-refractivity contribution in [1.29, 1.82) is 0 Å². The van der Waals surface area contributed by atoms with Crippen LogP contribution in [0.4, 0.5) is 8.78 Å². The minimum Gasteiger partial charge on any atom is -0.384 e. The van der Waals surface area contributed by atoms with Crippen LogP contribution in [0, 0.1) is 11.3 Å². The molecule has 0 aromatic heterocycles. The predicted molar refractivity (Wildman–Crippen MR) is 44.8 cm³/mol. The number of nitrogens with one attached hydrogen (secondary N) is 1. The fraction of sp³-hybridized carbons (Fsp3) is 1.00. The molecule has 1 aliphatic carbocycles. The summed E-state index contributed by atoms with van der Waals surface area (Å²) in [5.74, 6) is -3.02. The standard InChI is InChI=1S/C9H15F2NO/c1-13-6-7-8(9(7,10)11)2-4-12-5-3-8/h7,12H,2-6H2,1H3. The molecule has 1 unspecified atom stereocenters. The van der Waals surface area contributed by atoms with E-state index in [1.807, 2.05) is 0 Å². The fourth-order valence-electron chi connectivity index (χ4n) is 2.58. The lowest BCUT2D eigenvalue weighted by atomic mass is 9.91. The molecule has 2 fully saturated rings. The molecule has 0 radical (unpaired) electrons. The van der Waals surface area contributed by atoms with Gasteiger partial charge in [-0.1, -0.05) is 0 Å². The van der Waals surface area contributed by atoms with Crippen LogP contribution in [0.15, 0.2) is 0 Å². The summed E-state index contributed by atoms with van der Waals surface area (Å²) >= 11 is 0. The van der Waals surface area contributed by atoms with Gasteiger partial charge in [0.05, 0.1) is 12.5 Å². The summed E-state index contributed by atoms with van der Waals surface area (Å²) < 4.78 is 31.7. The highest BCUT2D eigenvalue weighted by molar-refractivity contribution is 5.18. The van der Waals surface area contributed by atoms with Crippen LogP contribution in [0.2, 0.25) is 0 Å². The lowest BCUT2D eigenvalue weighted by molar-refractivity contribution is 0.0399. The Hall–Kier alpha value is -0.220. The molecule has 0 bridgehead atoms. The second kappa shape index (κ2) is 2.89. The lowest BCUT2D eigenvalue weighted by Gasteiger charge is -2.22. The number of halogens is 2. The zero-order valence-electron chi connectivity index (χ0n) is 7.78. The molecule has 0 aromatic carbocycles. The molecule has 76 valence electrons. The van der Waals surface area contributed by atoms with Gasteiger partial charge < -0.3 is 10.1 Å². The third-order valence-corrected chi connectivity index (χ3v) is 3.51. The minimum atomic E-state index is -2.48. The highest BCUT2D eigenvalue weighted by Gasteiger charge is 2.79. The van der Waals surface area contributed by atoms with Crippen molar-refractivity contribution in [2.24, 2.45) is 11.3 Å². The number of methoxy groups -OCH3 is 1. The van der Waals surface area contributed by atoms with Crippen LogP contribution >= 0.6 is 0 Å². The van der Waals surface area contributed by atoms with E-state index >= 15 is 0 Å². The molecule has 0 amide bonds. The first-order chi connectivity index (χ1) is 6.15. The lowest BCUT2D eigenvalue weighted by Crippen LogP contribution is -2.32. The second-order valence-electron chi connectivity index (χ2n) is 4.04. The van der Waals surface area contributed by atoms with Gasteiger partial charge in [-0.25, -0.2) is 8.78 Å². The van der Waals surface area contributed by atoms with Gasteiger partial charge >= 0.3 is 0 Å². The zero-order valence-corrected chi connectivity index (χ0v) is 7.78. The molecule has 0 aromatic rings. The van der Waals surface area contributed by atoms with Gasteiger partial charge in [-0.2, -0.15) is 0 Å². The van der Waals surface area contributed by atoms with Gasteiger partial charge in [0, 0.05) is 12.5 Å². The van der Waals surface area contributed by atoms with Crippen molar-refractivity contribution in [2.75, 3.05) is 26.8 Å². The Kier molecular flexibility index (Phi) is 2.07. The summed E-state index contributed by atoms with van der Waals surface area (Å²) in [6, 6.07) is 0. The predicted octanol–water partition coefficient (Wildman–Crippen LogP) is 1.27. The summed E-state index contributed by atoms with van der Waals surface area (Å²) in [6.45, 7) is 1.64. The van der Waals surface area contributed by atoms with Gasteiger partial charge in [0.2, 0.25) is 0 Å². The van der Waals surface area contributed by atoms with E-state index in [9.17, 15) is 8.78 Å². The third-order valence-electron chi connectivity index (χ3n) is 3.51. The molecule has 2 rings (SSSR count). The van der Waals surface area contributed by atoms with Crippen LogP contribution in [0.5, 0.6) is 0 Å². The summed E-state index contributed by atoms with van der Waals surface area (Å²) in [6.07, 6.45) is 1.18. The summed E-state index contributed by atoms with van der Waals surface area (Å²) in [4.78, 5) is 0. The van der Waals surface area contributed by atoms with Crippen molar-refractivity contribution in [3.8, 4) is 0 Å². The van der Waals surface area contributed by atoms with Gasteiger partial charge in [0.15, 0.2) is 0 Å². The SMILES string of the molecule is COCC1C(F)(F)C12CCNCC2. The van der Waals surface area contributed by atoms with Crippen molar-refractivity contribution in [1.82, 2.24) is 5.32 Å². The van der Waals surface area contributed by atoms with Crippen LogP contribution < -0.4 is 5.32 Å². The van der Waals surface area contributed by atoms with E-state index in [1.54, 1.807) is 0 Å². The Morgan fingerprint density at radius 1 is 1.38 bits per heavy atom. The molecule has 1 saturated heterocycles. The van der Waals surface area contributed by atoms with Crippen LogP contribution in [-0.2, 0) is 4.74 Å². The molecule has 1 saturated carbocycles. The average Bonchev–Trinajstić information content (AvgIpc) is 2.54. The van der Waals surface area contributed by atoms with Crippen molar-refractivity contribution >= 4 is 0 Å². The van der Waals surface area contributed by atoms with Crippen molar-refractivity contribution in [3.63, 3.8) is 0 Å². The number of alkyl halides is 2. The first-order valence-corrected chi connectivity index (χ1v) is 4.72. The van der Waals surface area contributed by atoms with Crippen LogP contribution in [0.3, 0.4) is 0 Å². The maximum absolute atomic E-state index is 13.4. The van der Waals surface area contributed by atoms with Crippen LogP contribution in [0.1, 0.15) is 12.8 Å². The quantitative estimate of drug-likeness (QED) is 0.709. The van der Waals surface area contributed by atoms with Gasteiger partial charge in [-0.15, -0.1) is 0 Å². The normalized spacial score (nSPS) is 34.8. The molecule has 4 heteroatoms. The number of piperidine rings is 1. The molecular weight excluding hydrogens is 176 g/mol. The monoisotopic (exact) mass is 191 g/mol. The smallest absolute Gasteiger partial charge is 0.260 e. The van der Waals surface area contributed by atoms with Crippen molar-refractivity contribution in [3.05, 3.63) is 0 Å². The maximum Gasteiger partial charge on any atom is 0.260 e. The second-order valence-corrected chi connectivity index (χ2v) is 4.04. The van der Waals surface area contributed by atoms with E-state index < -0.39 is 17.3 Å². The summed E-state index contributed by atoms with van der Waals surface area (Å²) in [5, 5.41) is 3.11. The molecule has 1 heterocycles. The first kappa shape index (κ1) is 9.34. The van der Waals surface area contributed by atoms with E-state index in [4.69, 9.17) is 4.74 Å². The Bertz CT molecular complexity index is 202. The molecule has 13 heavy (non-hydrogen) atoms. The Morgan fingerprint density at radius 3 is 2.54 bits per heavy atom. The average molecular weight is 191 g/mol. The molecule has 2 nitrogen and oxygen atoms in total. The number of rotatable bonds is 2. The number of hydrogen-bond acceptors (Lipinski definition) is 2. The zero-order chi connectivity index (χ0) is 9.53. The first-order valence-electron chi connectivity index (χ1n) is 4.72. The molecule has 1 spiro atoms. The van der Waals surface area contributed by atoms with Gasteiger partial charge in [-0.3, -0.25) is 0 Å². The molecular formula is C9H15F2NO. The largest absolute Gasteiger partial charge is 0.384 e. The van der Waals surface area contributed by atoms with Crippen LogP contribution in [-0.4, -0.2) is 32.7 Å². The van der Waals surface area contributed by atoms with Crippen molar-refractivity contribution in [2.45, 2.75) is 18.8 Å². The van der Waals surface area contributed by atoms with E-state index in [-0.39, 0.29) is 6.61 Å². The minimum absolute atomic E-state index is 0.201. The Morgan fingerprint density at radius 2 is 2.00 bits per heavy atom. The molecule has 1 N–H and O–H groups in total. The van der Waals surface area contributed by atoms with E-state index in [0.717, 1.165) is 13.1 Å². The fourth-order valence-corrected chi connectivity index (χ4v) is 2.58. The number of ether oxygens (including phenoxy) is 1. The van der Waals surface area contributed by atoms with Gasteiger partial charge in [0.25, 0.3) is 5.92 Å². The van der Waals surface area contributed by atoms with Gasteiger partial charge in [-0.05, 0) is 25.9 Å². The highest BCUT2D eigenvalue weighted by atomic mass is 19.3. The third kappa shape index (κ3) is 1.12. The highest BCUT2D eigenvalue weighted by Crippen LogP contribution is 2.70. The molecule has 1 atom stereocenters. The summed E-state index contributed by atoms with van der Waals surface area (Å²) in [5.41, 5.74) is -0.728. The maximum atomic E-state index is 13.4. The molecule has 2 aliphatic rings. The van der Waals surface area contributed by atoms with Crippen LogP contribution in [0.25, 0.3) is 0 Å². The Labute approximate surface area is 76.6 Å². The Balaban J connectivity index is 2.06. The topological polar surface area (TPSA) is 21.3 Å². The van der Waals surface area contributed by atoms with Gasteiger partial charge in [0.1, 0.15) is 0 Å². The summed E-state index contributed by atoms with van der Waals surface area (Å²) in [7, 11) is 1.49. The van der Waals surface area contributed by atoms with E-state index in [2.05, 4.69) is 5.32 Å². The van der Waals surface area contributed by atoms with E-state index in [1.165, 1.54) is 7.11 Å². The number of hydrogen-bond donors (Lipinski definition) is 1. The van der Waals surface area contributed by atoms with Crippen molar-refractivity contribution < 1.29 is 13.5 Å². The molecule has 1 aliphatic heterocycles.